The molecule has 0 fully saturated rings. The van der Waals surface area contributed by atoms with Crippen LogP contribution in [0.4, 0.5) is 0 Å². The van der Waals surface area contributed by atoms with E-state index in [1.54, 1.807) is 6.08 Å². The van der Waals surface area contributed by atoms with Gasteiger partial charge in [-0.1, -0.05) is 25.6 Å². The van der Waals surface area contributed by atoms with E-state index in [9.17, 15) is 4.79 Å². The second-order valence-electron chi connectivity index (χ2n) is 5.64. The molecule has 0 saturated carbocycles. The van der Waals surface area contributed by atoms with Gasteiger partial charge in [0, 0.05) is 13.0 Å². The fourth-order valence-electron chi connectivity index (χ4n) is 2.96. The topological polar surface area (TPSA) is 38.3 Å². The highest BCUT2D eigenvalue weighted by Crippen LogP contribution is 2.36. The first-order valence-electron chi connectivity index (χ1n) is 7.79. The molecular weight excluding hydrogens is 261 g/mol. The summed E-state index contributed by atoms with van der Waals surface area (Å²) in [6.07, 6.45) is 5.62. The van der Waals surface area contributed by atoms with Crippen LogP contribution < -0.4 is 15.5 Å². The van der Waals surface area contributed by atoms with Crippen molar-refractivity contribution in [2.24, 2.45) is 0 Å². The number of nitrogens with one attached hydrogen (secondary N) is 1. The molecule has 1 aromatic rings. The first-order valence-corrected chi connectivity index (χ1v) is 7.79. The number of amides is 1. The van der Waals surface area contributed by atoms with Crippen molar-refractivity contribution in [2.75, 3.05) is 13.2 Å². The number of fused-ring (bicyclic) bond motifs is 1. The third-order valence-electron chi connectivity index (χ3n) is 4.13. The van der Waals surface area contributed by atoms with E-state index in [2.05, 4.69) is 31.9 Å². The predicted molar refractivity (Wildman–Crippen MR) is 89.3 cm³/mol. The van der Waals surface area contributed by atoms with E-state index in [-0.39, 0.29) is 5.91 Å². The van der Waals surface area contributed by atoms with Crippen LogP contribution in [0.15, 0.2) is 24.8 Å². The number of aryl methyl sites for hydroxylation is 1. The third kappa shape index (κ3) is 3.90. The number of ether oxygens (including phenoxy) is 1. The fourth-order valence-corrected chi connectivity index (χ4v) is 2.96. The maximum atomic E-state index is 11.3. The van der Waals surface area contributed by atoms with Gasteiger partial charge in [-0.3, -0.25) is 4.79 Å². The summed E-state index contributed by atoms with van der Waals surface area (Å²) in [6.45, 7) is 6.87. The molecule has 1 amide bonds. The number of rotatable bonds is 7. The van der Waals surface area contributed by atoms with E-state index in [4.69, 9.17) is 4.74 Å². The molecule has 4 heteroatoms. The summed E-state index contributed by atoms with van der Waals surface area (Å²) in [5, 5.41) is 2.97. The first-order chi connectivity index (χ1) is 10.2. The second kappa shape index (κ2) is 7.35. The minimum absolute atomic E-state index is 0.132. The number of hydrogen-bond acceptors (Lipinski definition) is 2. The summed E-state index contributed by atoms with van der Waals surface area (Å²) < 4.78 is 5.73. The van der Waals surface area contributed by atoms with Gasteiger partial charge in [-0.2, -0.15) is 0 Å². The molecule has 0 bridgehead atoms. The van der Waals surface area contributed by atoms with Gasteiger partial charge in [0.2, 0.25) is 5.91 Å². The quantitative estimate of drug-likeness (QED) is 0.608. The van der Waals surface area contributed by atoms with E-state index < -0.39 is 0 Å². The maximum absolute atomic E-state index is 11.3. The van der Waals surface area contributed by atoms with E-state index in [0.29, 0.717) is 18.9 Å². The summed E-state index contributed by atoms with van der Waals surface area (Å²) in [5.41, 5.74) is 4.02. The zero-order chi connectivity index (χ0) is 15.2. The van der Waals surface area contributed by atoms with Crippen molar-refractivity contribution in [1.29, 1.82) is 0 Å². The Labute approximate surface area is 128 Å². The van der Waals surface area contributed by atoms with E-state index in [1.807, 2.05) is 6.92 Å². The summed E-state index contributed by atoms with van der Waals surface area (Å²) in [4.78, 5) is 11.3. The smallest absolute Gasteiger partial charge is 0.219 e. The molecule has 1 N–H and O–H groups in total. The van der Waals surface area contributed by atoms with Crippen molar-refractivity contribution in [3.63, 3.8) is 0 Å². The molecule has 112 valence electrons. The molecule has 0 heterocycles. The Bertz CT molecular complexity index is 528. The average molecular weight is 285 g/mol. The van der Waals surface area contributed by atoms with Crippen molar-refractivity contribution in [1.82, 2.24) is 5.32 Å². The number of carbonyl (C=O) groups excluding carboxylic acids is 1. The van der Waals surface area contributed by atoms with Crippen LogP contribution >= 0.6 is 0 Å². The molecule has 0 aromatic heterocycles. The van der Waals surface area contributed by atoms with Gasteiger partial charge in [0.15, 0.2) is 0 Å². The van der Waals surface area contributed by atoms with Crippen LogP contribution in [0.1, 0.15) is 43.2 Å². The van der Waals surface area contributed by atoms with Crippen LogP contribution in [0.3, 0.4) is 0 Å². The van der Waals surface area contributed by atoms with Gasteiger partial charge in [0.1, 0.15) is 20.2 Å². The van der Waals surface area contributed by atoms with Crippen LogP contribution in [-0.4, -0.2) is 26.9 Å². The molecular formula is C17H24BNO2. The van der Waals surface area contributed by atoms with Gasteiger partial charge in [0.05, 0.1) is 0 Å². The monoisotopic (exact) mass is 285 g/mol. The van der Waals surface area contributed by atoms with Gasteiger partial charge in [-0.25, -0.2) is 0 Å². The number of carbonyl (C=O) groups is 1. The Morgan fingerprint density at radius 1 is 1.57 bits per heavy atom. The zero-order valence-corrected chi connectivity index (χ0v) is 13.1. The molecule has 1 atom stereocenters. The van der Waals surface area contributed by atoms with Crippen LogP contribution in [-0.2, 0) is 11.2 Å². The van der Waals surface area contributed by atoms with E-state index in [1.165, 1.54) is 23.0 Å². The van der Waals surface area contributed by atoms with Crippen molar-refractivity contribution in [3.8, 4) is 5.75 Å². The Balaban J connectivity index is 2.03. The minimum Gasteiger partial charge on any atom is -0.490 e. The van der Waals surface area contributed by atoms with E-state index in [0.717, 1.165) is 25.1 Å². The summed E-state index contributed by atoms with van der Waals surface area (Å²) in [5.74, 6) is 1.62. The van der Waals surface area contributed by atoms with Crippen molar-refractivity contribution >= 4 is 19.2 Å². The molecule has 1 aromatic carbocycles. The normalized spacial score (nSPS) is 16.3. The lowest BCUT2D eigenvalue weighted by atomic mass is 9.89. The molecule has 0 spiro atoms. The molecule has 1 aliphatic rings. The van der Waals surface area contributed by atoms with Gasteiger partial charge >= 0.3 is 0 Å². The highest BCUT2D eigenvalue weighted by atomic mass is 16.5. The van der Waals surface area contributed by atoms with Crippen molar-refractivity contribution < 1.29 is 9.53 Å². The lowest BCUT2D eigenvalue weighted by molar-refractivity contribution is -0.120. The lowest BCUT2D eigenvalue weighted by Gasteiger charge is -2.15. The largest absolute Gasteiger partial charge is 0.490 e. The van der Waals surface area contributed by atoms with E-state index >= 15 is 0 Å². The third-order valence-corrected chi connectivity index (χ3v) is 4.13. The van der Waals surface area contributed by atoms with Crippen LogP contribution in [0.2, 0.25) is 0 Å². The Morgan fingerprint density at radius 2 is 2.38 bits per heavy atom. The van der Waals surface area contributed by atoms with Crippen LogP contribution in [0.25, 0.3) is 0 Å². The maximum Gasteiger partial charge on any atom is 0.219 e. The molecule has 0 aliphatic heterocycles. The highest BCUT2D eigenvalue weighted by molar-refractivity contribution is 6.34. The van der Waals surface area contributed by atoms with Crippen molar-refractivity contribution in [3.05, 3.63) is 35.9 Å². The first kappa shape index (κ1) is 15.7. The van der Waals surface area contributed by atoms with Crippen LogP contribution in [0, 0.1) is 0 Å². The SMILES string of the molecule is Bc1cc2c(cc1OCC=C)[C@H](CCNC(=O)CC)CC2. The molecule has 0 unspecified atom stereocenters. The number of benzene rings is 1. The molecule has 3 nitrogen and oxygen atoms in total. The Morgan fingerprint density at radius 3 is 3.10 bits per heavy atom. The standard InChI is InChI=1S/C17H24BNO2/c1-3-9-21-16-11-14-12(7-8-19-17(20)4-2)5-6-13(14)10-15(16)18/h3,10-12H,1,4-9,18H2,2H3,(H,19,20)/t12-/m0/s1. The molecule has 0 radical (unpaired) electrons. The lowest BCUT2D eigenvalue weighted by Crippen LogP contribution is -2.24. The highest BCUT2D eigenvalue weighted by Gasteiger charge is 2.23. The van der Waals surface area contributed by atoms with Gasteiger partial charge in [0.25, 0.3) is 0 Å². The van der Waals surface area contributed by atoms with Crippen LogP contribution in [0.5, 0.6) is 5.75 Å². The summed E-state index contributed by atoms with van der Waals surface area (Å²) >= 11 is 0. The van der Waals surface area contributed by atoms with Gasteiger partial charge in [-0.05, 0) is 47.8 Å². The minimum atomic E-state index is 0.132. The average Bonchev–Trinajstić information content (AvgIpc) is 2.86. The van der Waals surface area contributed by atoms with Gasteiger partial charge < -0.3 is 10.1 Å². The number of hydrogen-bond donors (Lipinski definition) is 1. The van der Waals surface area contributed by atoms with Gasteiger partial charge in [-0.15, -0.1) is 0 Å². The Kier molecular flexibility index (Phi) is 5.48. The summed E-state index contributed by atoms with van der Waals surface area (Å²) in [6, 6.07) is 4.44. The van der Waals surface area contributed by atoms with Crippen molar-refractivity contribution in [2.45, 2.75) is 38.5 Å². The summed E-state index contributed by atoms with van der Waals surface area (Å²) in [7, 11) is 2.09. The fraction of sp³-hybridized carbons (Fsp3) is 0.471. The zero-order valence-electron chi connectivity index (χ0n) is 13.1. The molecule has 2 rings (SSSR count). The predicted octanol–water partition coefficient (Wildman–Crippen LogP) is 1.46. The molecule has 0 saturated heterocycles. The second-order valence-corrected chi connectivity index (χ2v) is 5.64. The molecule has 1 aliphatic carbocycles. The Hall–Kier alpha value is -1.71. The molecule has 21 heavy (non-hydrogen) atoms.